The molecule has 0 saturated carbocycles. The molecule has 1 N–H and O–H groups in total. The number of carbonyl (C=O) groups excluding carboxylic acids is 2. The molecule has 0 saturated heterocycles. The Balaban J connectivity index is 1.84. The summed E-state index contributed by atoms with van der Waals surface area (Å²) in [6.45, 7) is 3.02. The van der Waals surface area contributed by atoms with Crippen LogP contribution in [0.25, 0.3) is 0 Å². The lowest BCUT2D eigenvalue weighted by atomic mass is 10.0. The highest BCUT2D eigenvalue weighted by molar-refractivity contribution is 7.92. The van der Waals surface area contributed by atoms with Gasteiger partial charge in [-0.05, 0) is 54.8 Å². The highest BCUT2D eigenvalue weighted by atomic mass is 32.2. The molecule has 0 aromatic heterocycles. The smallest absolute Gasteiger partial charge is 0.271 e. The number of non-ortho nitro benzene ring substituents is 1. The van der Waals surface area contributed by atoms with Crippen molar-refractivity contribution < 1.29 is 27.7 Å². The van der Waals surface area contributed by atoms with Crippen LogP contribution in [0.2, 0.25) is 0 Å². The molecule has 246 valence electrons. The second kappa shape index (κ2) is 15.9. The molecule has 0 radical (unpaired) electrons. The van der Waals surface area contributed by atoms with Crippen molar-refractivity contribution in [2.75, 3.05) is 18.0 Å². The lowest BCUT2D eigenvalue weighted by molar-refractivity contribution is -0.384. The number of hydrogen-bond acceptors (Lipinski definition) is 7. The molecule has 0 fully saturated rings. The van der Waals surface area contributed by atoms with Crippen molar-refractivity contribution in [1.29, 1.82) is 0 Å². The Morgan fingerprint density at radius 2 is 1.53 bits per heavy atom. The number of sulfonamides is 1. The van der Waals surface area contributed by atoms with E-state index in [1.165, 1.54) is 42.3 Å². The summed E-state index contributed by atoms with van der Waals surface area (Å²) in [5.41, 5.74) is 1.04. The maximum Gasteiger partial charge on any atom is 0.271 e. The van der Waals surface area contributed by atoms with Gasteiger partial charge in [0.15, 0.2) is 0 Å². The van der Waals surface area contributed by atoms with Crippen LogP contribution in [0.15, 0.2) is 114 Å². The van der Waals surface area contributed by atoms with Gasteiger partial charge in [-0.3, -0.25) is 24.0 Å². The van der Waals surface area contributed by atoms with E-state index < -0.39 is 39.3 Å². The molecule has 11 nitrogen and oxygen atoms in total. The van der Waals surface area contributed by atoms with E-state index in [0.29, 0.717) is 17.7 Å². The minimum atomic E-state index is -4.39. The molecule has 4 aromatic rings. The van der Waals surface area contributed by atoms with E-state index in [0.717, 1.165) is 15.9 Å². The number of nitro benzene ring substituents is 1. The van der Waals surface area contributed by atoms with E-state index in [9.17, 15) is 28.1 Å². The fourth-order valence-electron chi connectivity index (χ4n) is 4.97. The normalized spacial score (nSPS) is 12.4. The Kier molecular flexibility index (Phi) is 11.7. The standard InChI is InChI=1S/C35H38N4O7S/c1-4-26(2)36-35(41)33(22-27-13-7-5-8-14-27)37(24-28-15-11-18-31(21-28)46-3)34(40)25-38(29-16-12-17-30(23-29)39(42)43)47(44,45)32-19-9-6-10-20-32/h5-21,23,26,33H,4,22,24-25H2,1-3H3,(H,36,41)/t26-,33+/m1/s1. The summed E-state index contributed by atoms with van der Waals surface area (Å²) in [6.07, 6.45) is 0.810. The molecule has 0 aliphatic heterocycles. The molecule has 4 rings (SSSR count). The first-order chi connectivity index (χ1) is 22.5. The largest absolute Gasteiger partial charge is 0.497 e. The summed E-state index contributed by atoms with van der Waals surface area (Å²) < 4.78 is 34.4. The fourth-order valence-corrected chi connectivity index (χ4v) is 6.40. The van der Waals surface area contributed by atoms with E-state index in [1.54, 1.807) is 42.5 Å². The molecule has 0 aliphatic carbocycles. The summed E-state index contributed by atoms with van der Waals surface area (Å²) in [6, 6.07) is 27.7. The molecular formula is C35H38N4O7S. The SMILES string of the molecule is CC[C@@H](C)NC(=O)[C@H](Cc1ccccc1)N(Cc1cccc(OC)c1)C(=O)CN(c1cccc([N+](=O)[O-])c1)S(=O)(=O)c1ccccc1. The number of hydrogen-bond donors (Lipinski definition) is 1. The third-order valence-corrected chi connectivity index (χ3v) is 9.49. The van der Waals surface area contributed by atoms with E-state index >= 15 is 0 Å². The zero-order valence-electron chi connectivity index (χ0n) is 26.5. The number of nitro groups is 1. The summed E-state index contributed by atoms with van der Waals surface area (Å²) in [5.74, 6) is -0.533. The molecule has 4 aromatic carbocycles. The van der Waals surface area contributed by atoms with Gasteiger partial charge in [0.2, 0.25) is 11.8 Å². The topological polar surface area (TPSA) is 139 Å². The number of rotatable bonds is 15. The second-order valence-corrected chi connectivity index (χ2v) is 12.9. The third-order valence-electron chi connectivity index (χ3n) is 7.70. The van der Waals surface area contributed by atoms with Crippen molar-refractivity contribution in [2.45, 2.75) is 50.2 Å². The maximum atomic E-state index is 14.5. The minimum Gasteiger partial charge on any atom is -0.497 e. The molecular weight excluding hydrogens is 620 g/mol. The van der Waals surface area contributed by atoms with E-state index in [1.807, 2.05) is 44.2 Å². The first kappa shape index (κ1) is 34.6. The molecule has 0 heterocycles. The minimum absolute atomic E-state index is 0.0460. The molecule has 12 heteroatoms. The zero-order chi connectivity index (χ0) is 34.0. The van der Waals surface area contributed by atoms with Crippen LogP contribution >= 0.6 is 0 Å². The molecule has 2 atom stereocenters. The van der Waals surface area contributed by atoms with Crippen LogP contribution < -0.4 is 14.4 Å². The van der Waals surface area contributed by atoms with Crippen LogP contribution in [0, 0.1) is 10.1 Å². The van der Waals surface area contributed by atoms with Crippen molar-refractivity contribution in [1.82, 2.24) is 10.2 Å². The van der Waals surface area contributed by atoms with Crippen LogP contribution in [-0.2, 0) is 32.6 Å². The van der Waals surface area contributed by atoms with Gasteiger partial charge in [-0.2, -0.15) is 0 Å². The highest BCUT2D eigenvalue weighted by Crippen LogP contribution is 2.28. The summed E-state index contributed by atoms with van der Waals surface area (Å²) in [4.78, 5) is 40.7. The average molecular weight is 659 g/mol. The van der Waals surface area contributed by atoms with Crippen LogP contribution in [0.4, 0.5) is 11.4 Å². The average Bonchev–Trinajstić information content (AvgIpc) is 3.09. The van der Waals surface area contributed by atoms with Gasteiger partial charge < -0.3 is 15.0 Å². The quantitative estimate of drug-likeness (QED) is 0.134. The molecule has 0 spiro atoms. The fraction of sp³-hybridized carbons (Fsp3) is 0.257. The van der Waals surface area contributed by atoms with Gasteiger partial charge in [-0.1, -0.05) is 73.7 Å². The van der Waals surface area contributed by atoms with Gasteiger partial charge in [0.05, 0.1) is 22.6 Å². The Bertz CT molecular complexity index is 1790. The Morgan fingerprint density at radius 3 is 2.17 bits per heavy atom. The maximum absolute atomic E-state index is 14.5. The zero-order valence-corrected chi connectivity index (χ0v) is 27.3. The Morgan fingerprint density at radius 1 is 0.894 bits per heavy atom. The van der Waals surface area contributed by atoms with Crippen molar-refractivity contribution in [3.8, 4) is 5.75 Å². The van der Waals surface area contributed by atoms with E-state index in [2.05, 4.69) is 5.32 Å². The highest BCUT2D eigenvalue weighted by Gasteiger charge is 2.35. The molecule has 47 heavy (non-hydrogen) atoms. The van der Waals surface area contributed by atoms with E-state index in [4.69, 9.17) is 4.74 Å². The molecule has 0 unspecified atom stereocenters. The van der Waals surface area contributed by atoms with Gasteiger partial charge in [0, 0.05) is 31.1 Å². The van der Waals surface area contributed by atoms with Crippen molar-refractivity contribution in [3.05, 3.63) is 130 Å². The summed E-state index contributed by atoms with van der Waals surface area (Å²) in [7, 11) is -2.87. The van der Waals surface area contributed by atoms with E-state index in [-0.39, 0.29) is 35.3 Å². The molecule has 0 bridgehead atoms. The number of carbonyl (C=O) groups is 2. The van der Waals surface area contributed by atoms with Crippen molar-refractivity contribution >= 4 is 33.2 Å². The predicted molar refractivity (Wildman–Crippen MR) is 179 cm³/mol. The number of nitrogens with one attached hydrogen (secondary N) is 1. The van der Waals surface area contributed by atoms with Crippen molar-refractivity contribution in [3.63, 3.8) is 0 Å². The lowest BCUT2D eigenvalue weighted by Gasteiger charge is -2.34. The van der Waals surface area contributed by atoms with Crippen LogP contribution in [-0.4, -0.2) is 55.8 Å². The van der Waals surface area contributed by atoms with Gasteiger partial charge in [-0.15, -0.1) is 0 Å². The number of anilines is 1. The Labute approximate surface area is 275 Å². The third kappa shape index (κ3) is 8.95. The monoisotopic (exact) mass is 658 g/mol. The number of amides is 2. The van der Waals surface area contributed by atoms with Crippen LogP contribution in [0.1, 0.15) is 31.4 Å². The van der Waals surface area contributed by atoms with Gasteiger partial charge in [0.25, 0.3) is 15.7 Å². The summed E-state index contributed by atoms with van der Waals surface area (Å²) >= 11 is 0. The predicted octanol–water partition coefficient (Wildman–Crippen LogP) is 5.35. The Hall–Kier alpha value is -5.23. The van der Waals surface area contributed by atoms with Gasteiger partial charge in [0.1, 0.15) is 18.3 Å². The summed E-state index contributed by atoms with van der Waals surface area (Å²) in [5, 5.41) is 14.6. The van der Waals surface area contributed by atoms with Crippen LogP contribution in [0.3, 0.4) is 0 Å². The number of nitrogens with zero attached hydrogens (tertiary/aromatic N) is 3. The lowest BCUT2D eigenvalue weighted by Crippen LogP contribution is -2.54. The van der Waals surface area contributed by atoms with Crippen molar-refractivity contribution in [2.24, 2.45) is 0 Å². The number of methoxy groups -OCH3 is 1. The number of benzene rings is 4. The molecule has 0 aliphatic rings. The first-order valence-electron chi connectivity index (χ1n) is 15.1. The molecule has 2 amide bonds. The first-order valence-corrected chi connectivity index (χ1v) is 16.6. The second-order valence-electron chi connectivity index (χ2n) is 11.0. The van der Waals surface area contributed by atoms with Crippen LogP contribution in [0.5, 0.6) is 5.75 Å². The van der Waals surface area contributed by atoms with Gasteiger partial charge in [-0.25, -0.2) is 8.42 Å². The number of ether oxygens (including phenoxy) is 1. The van der Waals surface area contributed by atoms with Gasteiger partial charge >= 0.3 is 0 Å².